The van der Waals surface area contributed by atoms with E-state index in [0.717, 1.165) is 0 Å². The SMILES string of the molecule is COCCS(=O)(=O)Nc1ccc(Br)cc1F. The van der Waals surface area contributed by atoms with Crippen LogP contribution in [0.2, 0.25) is 0 Å². The van der Waals surface area contributed by atoms with Crippen LogP contribution in [0.25, 0.3) is 0 Å². The van der Waals surface area contributed by atoms with Gasteiger partial charge in [0.2, 0.25) is 10.0 Å². The number of hydrogen-bond donors (Lipinski definition) is 1. The molecule has 0 unspecified atom stereocenters. The van der Waals surface area contributed by atoms with Gasteiger partial charge in [0.25, 0.3) is 0 Å². The highest BCUT2D eigenvalue weighted by Crippen LogP contribution is 2.20. The Morgan fingerprint density at radius 3 is 2.75 bits per heavy atom. The molecule has 1 aromatic rings. The van der Waals surface area contributed by atoms with E-state index in [2.05, 4.69) is 25.4 Å². The number of anilines is 1. The van der Waals surface area contributed by atoms with Crippen LogP contribution in [-0.2, 0) is 14.8 Å². The van der Waals surface area contributed by atoms with Gasteiger partial charge in [0.15, 0.2) is 0 Å². The van der Waals surface area contributed by atoms with Crippen molar-refractivity contribution in [3.8, 4) is 0 Å². The van der Waals surface area contributed by atoms with Crippen LogP contribution >= 0.6 is 15.9 Å². The molecule has 0 spiro atoms. The zero-order valence-electron chi connectivity index (χ0n) is 8.54. The zero-order chi connectivity index (χ0) is 12.2. The number of hydrogen-bond acceptors (Lipinski definition) is 3. The molecule has 0 saturated heterocycles. The molecule has 0 aliphatic heterocycles. The van der Waals surface area contributed by atoms with E-state index in [1.165, 1.54) is 19.2 Å². The maximum absolute atomic E-state index is 13.3. The van der Waals surface area contributed by atoms with Crippen LogP contribution in [0.1, 0.15) is 0 Å². The van der Waals surface area contributed by atoms with Crippen LogP contribution in [0.3, 0.4) is 0 Å². The summed E-state index contributed by atoms with van der Waals surface area (Å²) in [6.07, 6.45) is 0. The average molecular weight is 312 g/mol. The van der Waals surface area contributed by atoms with Gasteiger partial charge in [0.05, 0.1) is 18.0 Å². The van der Waals surface area contributed by atoms with Crippen molar-refractivity contribution in [2.24, 2.45) is 0 Å². The van der Waals surface area contributed by atoms with Gasteiger partial charge in [-0.15, -0.1) is 0 Å². The van der Waals surface area contributed by atoms with Gasteiger partial charge in [-0.2, -0.15) is 0 Å². The lowest BCUT2D eigenvalue weighted by molar-refractivity contribution is 0.217. The molecule has 1 N–H and O–H groups in total. The number of halogens is 2. The zero-order valence-corrected chi connectivity index (χ0v) is 10.9. The summed E-state index contributed by atoms with van der Waals surface area (Å²) < 4.78 is 43.5. The van der Waals surface area contributed by atoms with E-state index in [0.29, 0.717) is 4.47 Å². The number of nitrogens with one attached hydrogen (secondary N) is 1. The summed E-state index contributed by atoms with van der Waals surface area (Å²) in [5.41, 5.74) is -0.0701. The first-order valence-corrected chi connectivity index (χ1v) is 6.83. The predicted molar refractivity (Wildman–Crippen MR) is 63.4 cm³/mol. The Kier molecular flexibility index (Phi) is 4.69. The largest absolute Gasteiger partial charge is 0.384 e. The molecule has 0 radical (unpaired) electrons. The normalized spacial score (nSPS) is 11.4. The molecule has 4 nitrogen and oxygen atoms in total. The fourth-order valence-corrected chi connectivity index (χ4v) is 2.31. The number of methoxy groups -OCH3 is 1. The lowest BCUT2D eigenvalue weighted by atomic mass is 10.3. The lowest BCUT2D eigenvalue weighted by Crippen LogP contribution is -2.20. The van der Waals surface area contributed by atoms with Crippen molar-refractivity contribution in [1.82, 2.24) is 0 Å². The van der Waals surface area contributed by atoms with Crippen LogP contribution in [0, 0.1) is 5.82 Å². The van der Waals surface area contributed by atoms with E-state index >= 15 is 0 Å². The third kappa shape index (κ3) is 4.07. The summed E-state index contributed by atoms with van der Waals surface area (Å²) in [5, 5.41) is 0. The third-order valence-corrected chi connectivity index (χ3v) is 3.48. The van der Waals surface area contributed by atoms with E-state index in [4.69, 9.17) is 0 Å². The Balaban J connectivity index is 2.80. The second-order valence-electron chi connectivity index (χ2n) is 3.04. The third-order valence-electron chi connectivity index (χ3n) is 1.75. The van der Waals surface area contributed by atoms with Crippen molar-refractivity contribution < 1.29 is 17.5 Å². The standard InChI is InChI=1S/C9H11BrFNO3S/c1-15-4-5-16(13,14)12-9-3-2-7(10)6-8(9)11/h2-3,6,12H,4-5H2,1H3. The molecular formula is C9H11BrFNO3S. The number of sulfonamides is 1. The first kappa shape index (κ1) is 13.4. The van der Waals surface area contributed by atoms with Crippen molar-refractivity contribution in [2.45, 2.75) is 0 Å². The van der Waals surface area contributed by atoms with E-state index in [-0.39, 0.29) is 18.0 Å². The molecule has 1 aromatic carbocycles. The minimum atomic E-state index is -3.56. The molecule has 0 heterocycles. The molecule has 0 amide bonds. The summed E-state index contributed by atoms with van der Waals surface area (Å²) in [7, 11) is -2.16. The minimum absolute atomic E-state index is 0.0630. The van der Waals surface area contributed by atoms with E-state index in [1.807, 2.05) is 0 Å². The van der Waals surface area contributed by atoms with Crippen LogP contribution in [0.15, 0.2) is 22.7 Å². The van der Waals surface area contributed by atoms with Crippen molar-refractivity contribution in [3.05, 3.63) is 28.5 Å². The molecule has 0 bridgehead atoms. The van der Waals surface area contributed by atoms with Crippen molar-refractivity contribution in [3.63, 3.8) is 0 Å². The quantitative estimate of drug-likeness (QED) is 0.904. The molecule has 16 heavy (non-hydrogen) atoms. The Hall–Kier alpha value is -0.660. The smallest absolute Gasteiger partial charge is 0.235 e. The van der Waals surface area contributed by atoms with Gasteiger partial charge >= 0.3 is 0 Å². The molecule has 0 aromatic heterocycles. The van der Waals surface area contributed by atoms with Crippen LogP contribution < -0.4 is 4.72 Å². The molecule has 0 saturated carbocycles. The second kappa shape index (κ2) is 5.60. The first-order chi connectivity index (χ1) is 7.44. The fraction of sp³-hybridized carbons (Fsp3) is 0.333. The van der Waals surface area contributed by atoms with Gasteiger partial charge in [-0.25, -0.2) is 12.8 Å². The molecule has 1 rings (SSSR count). The highest BCUT2D eigenvalue weighted by atomic mass is 79.9. The molecule has 0 fully saturated rings. The Morgan fingerprint density at radius 1 is 1.50 bits per heavy atom. The molecule has 0 aliphatic carbocycles. The first-order valence-electron chi connectivity index (χ1n) is 4.39. The molecule has 90 valence electrons. The lowest BCUT2D eigenvalue weighted by Gasteiger charge is -2.08. The molecule has 0 aliphatic rings. The number of rotatable bonds is 5. The van der Waals surface area contributed by atoms with Crippen LogP contribution in [0.4, 0.5) is 10.1 Å². The van der Waals surface area contributed by atoms with Gasteiger partial charge in [-0.1, -0.05) is 15.9 Å². The van der Waals surface area contributed by atoms with E-state index in [9.17, 15) is 12.8 Å². The molecule has 0 atom stereocenters. The van der Waals surface area contributed by atoms with Gasteiger partial charge in [-0.05, 0) is 18.2 Å². The second-order valence-corrected chi connectivity index (χ2v) is 5.80. The summed E-state index contributed by atoms with van der Waals surface area (Å²) in [6, 6.07) is 4.09. The van der Waals surface area contributed by atoms with E-state index in [1.54, 1.807) is 6.07 Å². The Bertz CT molecular complexity index is 464. The number of benzene rings is 1. The molecular weight excluding hydrogens is 301 g/mol. The van der Waals surface area contributed by atoms with Gasteiger partial charge in [0, 0.05) is 11.6 Å². The Morgan fingerprint density at radius 2 is 2.19 bits per heavy atom. The Labute approximate surface area is 102 Å². The predicted octanol–water partition coefficient (Wildman–Crippen LogP) is 1.98. The van der Waals surface area contributed by atoms with Crippen molar-refractivity contribution >= 4 is 31.6 Å². The van der Waals surface area contributed by atoms with Crippen molar-refractivity contribution in [2.75, 3.05) is 24.2 Å². The molecule has 7 heteroatoms. The summed E-state index contributed by atoms with van der Waals surface area (Å²) in [4.78, 5) is 0. The summed E-state index contributed by atoms with van der Waals surface area (Å²) in [5.74, 6) is -0.839. The van der Waals surface area contributed by atoms with Gasteiger partial charge < -0.3 is 4.74 Å². The summed E-state index contributed by atoms with van der Waals surface area (Å²) in [6.45, 7) is 0.0630. The average Bonchev–Trinajstić information content (AvgIpc) is 2.19. The fourth-order valence-electron chi connectivity index (χ4n) is 0.984. The van der Waals surface area contributed by atoms with Crippen LogP contribution in [0.5, 0.6) is 0 Å². The van der Waals surface area contributed by atoms with Crippen LogP contribution in [-0.4, -0.2) is 27.9 Å². The van der Waals surface area contributed by atoms with Gasteiger partial charge in [-0.3, -0.25) is 4.72 Å². The summed E-state index contributed by atoms with van der Waals surface area (Å²) >= 11 is 3.08. The van der Waals surface area contributed by atoms with Crippen molar-refractivity contribution in [1.29, 1.82) is 0 Å². The maximum Gasteiger partial charge on any atom is 0.235 e. The monoisotopic (exact) mass is 311 g/mol. The van der Waals surface area contributed by atoms with Gasteiger partial charge in [0.1, 0.15) is 5.82 Å². The number of ether oxygens (including phenoxy) is 1. The minimum Gasteiger partial charge on any atom is -0.384 e. The highest BCUT2D eigenvalue weighted by Gasteiger charge is 2.12. The topological polar surface area (TPSA) is 55.4 Å². The maximum atomic E-state index is 13.3. The van der Waals surface area contributed by atoms with E-state index < -0.39 is 15.8 Å². The highest BCUT2D eigenvalue weighted by molar-refractivity contribution is 9.10.